The molecule has 2 N–H and O–H groups in total. The summed E-state index contributed by atoms with van der Waals surface area (Å²) in [6.45, 7) is 4.96. The molecule has 0 atom stereocenters. The van der Waals surface area contributed by atoms with Crippen molar-refractivity contribution in [3.8, 4) is 17.1 Å². The van der Waals surface area contributed by atoms with Gasteiger partial charge >= 0.3 is 0 Å². The van der Waals surface area contributed by atoms with Crippen LogP contribution in [0, 0.1) is 6.92 Å². The molecule has 1 aliphatic heterocycles. The summed E-state index contributed by atoms with van der Waals surface area (Å²) in [6, 6.07) is 15.2. The van der Waals surface area contributed by atoms with E-state index >= 15 is 0 Å². The first-order valence-electron chi connectivity index (χ1n) is 9.52. The minimum Gasteiger partial charge on any atom is -0.508 e. The lowest BCUT2D eigenvalue weighted by Crippen LogP contribution is -2.49. The highest BCUT2D eigenvalue weighted by Gasteiger charge is 2.22. The van der Waals surface area contributed by atoms with Gasteiger partial charge in [-0.05, 0) is 31.2 Å². The number of anilines is 1. The third kappa shape index (κ3) is 4.71. The first-order valence-corrected chi connectivity index (χ1v) is 10.5. The number of piperazine rings is 1. The van der Waals surface area contributed by atoms with Crippen molar-refractivity contribution in [1.82, 2.24) is 20.1 Å². The molecule has 1 saturated heterocycles. The first-order chi connectivity index (χ1) is 14.1. The van der Waals surface area contributed by atoms with Crippen LogP contribution in [0.25, 0.3) is 11.4 Å². The number of hydrogen-bond acceptors (Lipinski definition) is 6. The third-order valence-corrected chi connectivity index (χ3v) is 5.79. The van der Waals surface area contributed by atoms with E-state index in [0.717, 1.165) is 24.3 Å². The van der Waals surface area contributed by atoms with Gasteiger partial charge in [-0.3, -0.25) is 9.89 Å². The first kappa shape index (κ1) is 19.3. The number of H-pyrrole nitrogens is 1. The molecule has 0 radical (unpaired) electrons. The van der Waals surface area contributed by atoms with Crippen LogP contribution < -0.4 is 4.90 Å². The predicted molar refractivity (Wildman–Crippen MR) is 114 cm³/mol. The zero-order chi connectivity index (χ0) is 20.2. The average Bonchev–Trinajstić information content (AvgIpc) is 3.22. The number of rotatable bonds is 5. The van der Waals surface area contributed by atoms with E-state index in [-0.39, 0.29) is 11.7 Å². The van der Waals surface area contributed by atoms with Gasteiger partial charge in [-0.15, -0.1) is 5.10 Å². The number of phenols is 1. The SMILES string of the molecule is Cc1ccc(-c2nc(SCC(=O)N3CCN(c4ccc(O)cc4)CC3)n[nH]2)cc1. The van der Waals surface area contributed by atoms with Gasteiger partial charge in [0.15, 0.2) is 5.82 Å². The van der Waals surface area contributed by atoms with Crippen molar-refractivity contribution in [2.24, 2.45) is 0 Å². The molecule has 1 aliphatic rings. The van der Waals surface area contributed by atoms with Crippen LogP contribution in [0.4, 0.5) is 5.69 Å². The number of phenolic OH excluding ortho intramolecular Hbond substituents is 1. The highest BCUT2D eigenvalue weighted by Crippen LogP contribution is 2.22. The van der Waals surface area contributed by atoms with Crippen molar-refractivity contribution in [3.05, 3.63) is 54.1 Å². The van der Waals surface area contributed by atoms with Crippen LogP contribution in [0.15, 0.2) is 53.7 Å². The number of aryl methyl sites for hydroxylation is 1. The lowest BCUT2D eigenvalue weighted by atomic mass is 10.1. The van der Waals surface area contributed by atoms with Gasteiger partial charge in [-0.1, -0.05) is 41.6 Å². The Morgan fingerprint density at radius 1 is 1.07 bits per heavy atom. The molecule has 1 fully saturated rings. The molecule has 1 aromatic heterocycles. The molecule has 29 heavy (non-hydrogen) atoms. The number of carbonyl (C=O) groups excluding carboxylic acids is 1. The Labute approximate surface area is 173 Å². The number of thioether (sulfide) groups is 1. The lowest BCUT2D eigenvalue weighted by molar-refractivity contribution is -0.128. The molecule has 0 bridgehead atoms. The van der Waals surface area contributed by atoms with Crippen molar-refractivity contribution in [2.75, 3.05) is 36.8 Å². The van der Waals surface area contributed by atoms with E-state index in [2.05, 4.69) is 20.1 Å². The summed E-state index contributed by atoms with van der Waals surface area (Å²) >= 11 is 1.35. The normalized spacial score (nSPS) is 14.2. The molecule has 0 saturated carbocycles. The van der Waals surface area contributed by atoms with E-state index in [1.54, 1.807) is 12.1 Å². The summed E-state index contributed by atoms with van der Waals surface area (Å²) in [5.41, 5.74) is 3.24. The Morgan fingerprint density at radius 3 is 2.45 bits per heavy atom. The van der Waals surface area contributed by atoms with Crippen molar-refractivity contribution >= 4 is 23.4 Å². The van der Waals surface area contributed by atoms with Crippen molar-refractivity contribution < 1.29 is 9.90 Å². The van der Waals surface area contributed by atoms with E-state index in [1.165, 1.54) is 17.3 Å². The maximum atomic E-state index is 12.6. The van der Waals surface area contributed by atoms with Crippen molar-refractivity contribution in [3.63, 3.8) is 0 Å². The second kappa shape index (κ2) is 8.57. The fourth-order valence-corrected chi connectivity index (χ4v) is 3.95. The number of hydrogen-bond donors (Lipinski definition) is 2. The van der Waals surface area contributed by atoms with E-state index in [1.807, 2.05) is 48.2 Å². The number of aromatic hydroxyl groups is 1. The summed E-state index contributed by atoms with van der Waals surface area (Å²) in [5.74, 6) is 1.39. The van der Waals surface area contributed by atoms with Crippen molar-refractivity contribution in [2.45, 2.75) is 12.1 Å². The Bertz CT molecular complexity index is 963. The Balaban J connectivity index is 1.27. The molecule has 2 aromatic carbocycles. The van der Waals surface area contributed by atoms with E-state index in [9.17, 15) is 9.90 Å². The quantitative estimate of drug-likeness (QED) is 0.630. The smallest absolute Gasteiger partial charge is 0.233 e. The number of amides is 1. The molecule has 1 amide bonds. The van der Waals surface area contributed by atoms with E-state index in [4.69, 9.17) is 0 Å². The summed E-state index contributed by atoms with van der Waals surface area (Å²) in [5, 5.41) is 17.2. The van der Waals surface area contributed by atoms with Gasteiger partial charge in [0.25, 0.3) is 0 Å². The van der Waals surface area contributed by atoms with Crippen LogP contribution in [-0.4, -0.2) is 63.0 Å². The Hall–Kier alpha value is -3.00. The van der Waals surface area contributed by atoms with Gasteiger partial charge in [0.1, 0.15) is 5.75 Å². The molecule has 150 valence electrons. The number of benzene rings is 2. The molecule has 8 heteroatoms. The minimum atomic E-state index is 0.0991. The second-order valence-corrected chi connectivity index (χ2v) is 7.95. The highest BCUT2D eigenvalue weighted by atomic mass is 32.2. The van der Waals surface area contributed by atoms with Gasteiger partial charge in [0, 0.05) is 37.4 Å². The summed E-state index contributed by atoms with van der Waals surface area (Å²) in [4.78, 5) is 21.2. The number of aromatic amines is 1. The summed E-state index contributed by atoms with van der Waals surface area (Å²) < 4.78 is 0. The largest absolute Gasteiger partial charge is 0.508 e. The summed E-state index contributed by atoms with van der Waals surface area (Å²) in [6.07, 6.45) is 0. The molecular weight excluding hydrogens is 386 g/mol. The molecular formula is C21H23N5O2S. The minimum absolute atomic E-state index is 0.0991. The fourth-order valence-electron chi connectivity index (χ4n) is 3.25. The van der Waals surface area contributed by atoms with Gasteiger partial charge in [0.05, 0.1) is 5.75 Å². The van der Waals surface area contributed by atoms with Gasteiger partial charge in [-0.25, -0.2) is 4.98 Å². The lowest BCUT2D eigenvalue weighted by Gasteiger charge is -2.36. The molecule has 7 nitrogen and oxygen atoms in total. The maximum absolute atomic E-state index is 12.6. The van der Waals surface area contributed by atoms with Crippen LogP contribution in [0.1, 0.15) is 5.56 Å². The second-order valence-electron chi connectivity index (χ2n) is 7.01. The van der Waals surface area contributed by atoms with Crippen LogP contribution in [-0.2, 0) is 4.79 Å². The Kier molecular flexibility index (Phi) is 5.71. The maximum Gasteiger partial charge on any atom is 0.233 e. The zero-order valence-electron chi connectivity index (χ0n) is 16.2. The zero-order valence-corrected chi connectivity index (χ0v) is 17.0. The monoisotopic (exact) mass is 409 g/mol. The number of carbonyl (C=O) groups is 1. The topological polar surface area (TPSA) is 85.3 Å². The number of nitrogens with one attached hydrogen (secondary N) is 1. The van der Waals surface area contributed by atoms with Crippen LogP contribution in [0.5, 0.6) is 5.75 Å². The molecule has 0 spiro atoms. The molecule has 2 heterocycles. The van der Waals surface area contributed by atoms with Crippen molar-refractivity contribution in [1.29, 1.82) is 0 Å². The summed E-state index contributed by atoms with van der Waals surface area (Å²) in [7, 11) is 0. The van der Waals surface area contributed by atoms with Gasteiger partial charge in [-0.2, -0.15) is 0 Å². The van der Waals surface area contributed by atoms with E-state index in [0.29, 0.717) is 29.8 Å². The molecule has 0 unspecified atom stereocenters. The molecule has 3 aromatic rings. The number of aromatic nitrogens is 3. The van der Waals surface area contributed by atoms with Crippen LogP contribution >= 0.6 is 11.8 Å². The molecule has 0 aliphatic carbocycles. The standard InChI is InChI=1S/C21H23N5O2S/c1-15-2-4-16(5-3-15)20-22-21(24-23-20)29-14-19(28)26-12-10-25(11-13-26)17-6-8-18(27)9-7-17/h2-9,27H,10-14H2,1H3,(H,22,23,24). The predicted octanol–water partition coefficient (Wildman–Crippen LogP) is 2.93. The van der Waals surface area contributed by atoms with Gasteiger partial charge < -0.3 is 14.9 Å². The average molecular weight is 410 g/mol. The third-order valence-electron chi connectivity index (χ3n) is 4.96. The van der Waals surface area contributed by atoms with Crippen LogP contribution in [0.2, 0.25) is 0 Å². The fraction of sp³-hybridized carbons (Fsp3) is 0.286. The van der Waals surface area contributed by atoms with E-state index < -0.39 is 0 Å². The molecule has 4 rings (SSSR count). The highest BCUT2D eigenvalue weighted by molar-refractivity contribution is 7.99. The van der Waals surface area contributed by atoms with Crippen LogP contribution in [0.3, 0.4) is 0 Å². The number of nitrogens with zero attached hydrogens (tertiary/aromatic N) is 4. The Morgan fingerprint density at radius 2 is 1.76 bits per heavy atom. The van der Waals surface area contributed by atoms with Gasteiger partial charge in [0.2, 0.25) is 11.1 Å².